The van der Waals surface area contributed by atoms with Crippen molar-refractivity contribution in [3.8, 4) is 5.75 Å². The average Bonchev–Trinajstić information content (AvgIpc) is 2.91. The molecule has 0 radical (unpaired) electrons. The van der Waals surface area contributed by atoms with Crippen LogP contribution in [0.4, 0.5) is 0 Å². The van der Waals surface area contributed by atoms with Crippen LogP contribution in [0.1, 0.15) is 23.7 Å². The maximum absolute atomic E-state index is 5.43. The van der Waals surface area contributed by atoms with Crippen LogP contribution in [0, 0.1) is 13.8 Å². The first-order chi connectivity index (χ1) is 9.61. The summed E-state index contributed by atoms with van der Waals surface area (Å²) in [5.41, 5.74) is 3.21. The first-order valence-electron chi connectivity index (χ1n) is 6.80. The number of aromatic nitrogens is 3. The summed E-state index contributed by atoms with van der Waals surface area (Å²) in [4.78, 5) is 8.54. The third-order valence-electron chi connectivity index (χ3n) is 3.41. The van der Waals surface area contributed by atoms with Gasteiger partial charge < -0.3 is 14.6 Å². The van der Waals surface area contributed by atoms with E-state index in [1.54, 1.807) is 13.3 Å². The number of nitrogens with one attached hydrogen (secondary N) is 1. The molecule has 108 valence electrons. The summed E-state index contributed by atoms with van der Waals surface area (Å²) < 4.78 is 7.49. The number of aryl methyl sites for hydroxylation is 1. The Hall–Kier alpha value is -1.88. The van der Waals surface area contributed by atoms with Gasteiger partial charge in [0, 0.05) is 48.8 Å². The second-order valence-corrected chi connectivity index (χ2v) is 5.09. The van der Waals surface area contributed by atoms with Crippen LogP contribution in [0.25, 0.3) is 0 Å². The molecule has 5 nitrogen and oxygen atoms in total. The van der Waals surface area contributed by atoms with Gasteiger partial charge in [0.25, 0.3) is 0 Å². The van der Waals surface area contributed by atoms with Gasteiger partial charge in [-0.1, -0.05) is 0 Å². The van der Waals surface area contributed by atoms with Gasteiger partial charge in [-0.2, -0.15) is 0 Å². The van der Waals surface area contributed by atoms with Gasteiger partial charge in [-0.15, -0.1) is 0 Å². The second-order valence-electron chi connectivity index (χ2n) is 5.09. The van der Waals surface area contributed by atoms with Crippen LogP contribution in [0.5, 0.6) is 5.75 Å². The minimum Gasteiger partial charge on any atom is -0.496 e. The van der Waals surface area contributed by atoms with Crippen molar-refractivity contribution in [2.45, 2.75) is 39.9 Å². The number of imidazole rings is 1. The third-order valence-corrected chi connectivity index (χ3v) is 3.41. The summed E-state index contributed by atoms with van der Waals surface area (Å²) in [6.07, 6.45) is 7.46. The standard InChI is InChI=1S/C15H22N4O/c1-11-7-18-14(13(3)15(11)20-4)8-17-12(2)9-19-6-5-16-10-19/h5-7,10,12,17H,8-9H2,1-4H3. The molecule has 0 fully saturated rings. The fourth-order valence-corrected chi connectivity index (χ4v) is 2.30. The van der Waals surface area contributed by atoms with Crippen molar-refractivity contribution in [2.75, 3.05) is 7.11 Å². The molecular formula is C15H22N4O. The summed E-state index contributed by atoms with van der Waals surface area (Å²) in [7, 11) is 1.70. The van der Waals surface area contributed by atoms with Crippen molar-refractivity contribution < 1.29 is 4.74 Å². The lowest BCUT2D eigenvalue weighted by atomic mass is 10.1. The van der Waals surface area contributed by atoms with E-state index < -0.39 is 0 Å². The Morgan fingerprint density at radius 3 is 2.85 bits per heavy atom. The highest BCUT2D eigenvalue weighted by Gasteiger charge is 2.10. The molecule has 2 heterocycles. The average molecular weight is 274 g/mol. The number of rotatable bonds is 6. The Morgan fingerprint density at radius 1 is 1.40 bits per heavy atom. The van der Waals surface area contributed by atoms with E-state index >= 15 is 0 Å². The Bertz CT molecular complexity index is 551. The minimum atomic E-state index is 0.345. The highest BCUT2D eigenvalue weighted by molar-refractivity contribution is 5.40. The smallest absolute Gasteiger partial charge is 0.128 e. The molecule has 1 unspecified atom stereocenters. The zero-order chi connectivity index (χ0) is 14.5. The van der Waals surface area contributed by atoms with Crippen LogP contribution in [0.2, 0.25) is 0 Å². The maximum Gasteiger partial charge on any atom is 0.128 e. The topological polar surface area (TPSA) is 52.0 Å². The molecule has 0 saturated heterocycles. The van der Waals surface area contributed by atoms with E-state index in [4.69, 9.17) is 4.74 Å². The number of hydrogen-bond donors (Lipinski definition) is 1. The highest BCUT2D eigenvalue weighted by Crippen LogP contribution is 2.23. The summed E-state index contributed by atoms with van der Waals surface area (Å²) in [5, 5.41) is 3.48. The van der Waals surface area contributed by atoms with Crippen LogP contribution in [0.3, 0.4) is 0 Å². The lowest BCUT2D eigenvalue weighted by Crippen LogP contribution is -2.30. The van der Waals surface area contributed by atoms with Gasteiger partial charge in [-0.3, -0.25) is 4.98 Å². The molecule has 0 saturated carbocycles. The monoisotopic (exact) mass is 274 g/mol. The predicted octanol–water partition coefficient (Wildman–Crippen LogP) is 2.08. The third kappa shape index (κ3) is 3.36. The van der Waals surface area contributed by atoms with E-state index in [1.165, 1.54) is 0 Å². The second kappa shape index (κ2) is 6.52. The minimum absolute atomic E-state index is 0.345. The highest BCUT2D eigenvalue weighted by atomic mass is 16.5. The van der Waals surface area contributed by atoms with Crippen molar-refractivity contribution in [3.63, 3.8) is 0 Å². The van der Waals surface area contributed by atoms with E-state index in [9.17, 15) is 0 Å². The SMILES string of the molecule is COc1c(C)cnc(CNC(C)Cn2ccnc2)c1C. The van der Waals surface area contributed by atoms with E-state index in [-0.39, 0.29) is 0 Å². The van der Waals surface area contributed by atoms with Gasteiger partial charge >= 0.3 is 0 Å². The predicted molar refractivity (Wildman–Crippen MR) is 78.8 cm³/mol. The van der Waals surface area contributed by atoms with Crippen LogP contribution >= 0.6 is 0 Å². The van der Waals surface area contributed by atoms with E-state index in [1.807, 2.05) is 25.6 Å². The molecule has 0 aliphatic rings. The lowest BCUT2D eigenvalue weighted by Gasteiger charge is -2.16. The zero-order valence-electron chi connectivity index (χ0n) is 12.6. The first-order valence-corrected chi connectivity index (χ1v) is 6.80. The number of ether oxygens (including phenoxy) is 1. The van der Waals surface area contributed by atoms with Gasteiger partial charge in [-0.05, 0) is 20.8 Å². The number of methoxy groups -OCH3 is 1. The molecule has 2 aromatic rings. The number of hydrogen-bond acceptors (Lipinski definition) is 4. The first kappa shape index (κ1) is 14.5. The van der Waals surface area contributed by atoms with Crippen LogP contribution in [0.15, 0.2) is 24.9 Å². The summed E-state index contributed by atoms with van der Waals surface area (Å²) in [6, 6.07) is 0.345. The lowest BCUT2D eigenvalue weighted by molar-refractivity contribution is 0.405. The molecule has 2 rings (SSSR count). The van der Waals surface area contributed by atoms with E-state index in [0.717, 1.165) is 35.7 Å². The number of pyridine rings is 1. The molecule has 0 aliphatic heterocycles. The Balaban J connectivity index is 1.97. The van der Waals surface area contributed by atoms with E-state index in [2.05, 4.69) is 33.7 Å². The molecular weight excluding hydrogens is 252 g/mol. The van der Waals surface area contributed by atoms with Crippen LogP contribution in [-0.4, -0.2) is 27.7 Å². The largest absolute Gasteiger partial charge is 0.496 e. The van der Waals surface area contributed by atoms with Crippen molar-refractivity contribution in [3.05, 3.63) is 41.7 Å². The van der Waals surface area contributed by atoms with Crippen LogP contribution in [-0.2, 0) is 13.1 Å². The molecule has 0 spiro atoms. The van der Waals surface area contributed by atoms with Crippen molar-refractivity contribution in [1.29, 1.82) is 0 Å². The normalized spacial score (nSPS) is 12.4. The molecule has 0 aliphatic carbocycles. The molecule has 1 N–H and O–H groups in total. The van der Waals surface area contributed by atoms with Gasteiger partial charge in [-0.25, -0.2) is 4.98 Å². The molecule has 5 heteroatoms. The Labute approximate surface area is 120 Å². The van der Waals surface area contributed by atoms with Crippen molar-refractivity contribution >= 4 is 0 Å². The van der Waals surface area contributed by atoms with Crippen molar-refractivity contribution in [1.82, 2.24) is 19.9 Å². The van der Waals surface area contributed by atoms with Gasteiger partial charge in [0.15, 0.2) is 0 Å². The Morgan fingerprint density at radius 2 is 2.20 bits per heavy atom. The van der Waals surface area contributed by atoms with Gasteiger partial charge in [0.05, 0.1) is 19.1 Å². The molecule has 1 atom stereocenters. The van der Waals surface area contributed by atoms with E-state index in [0.29, 0.717) is 6.04 Å². The van der Waals surface area contributed by atoms with Gasteiger partial charge in [0.2, 0.25) is 0 Å². The number of nitrogens with zero attached hydrogens (tertiary/aromatic N) is 3. The fourth-order valence-electron chi connectivity index (χ4n) is 2.30. The van der Waals surface area contributed by atoms with Gasteiger partial charge in [0.1, 0.15) is 5.75 Å². The zero-order valence-corrected chi connectivity index (χ0v) is 12.6. The molecule has 0 aromatic carbocycles. The maximum atomic E-state index is 5.43. The molecule has 0 amide bonds. The van der Waals surface area contributed by atoms with Crippen molar-refractivity contribution in [2.24, 2.45) is 0 Å². The van der Waals surface area contributed by atoms with Crippen LogP contribution < -0.4 is 10.1 Å². The molecule has 2 aromatic heterocycles. The molecule has 20 heavy (non-hydrogen) atoms. The Kier molecular flexibility index (Phi) is 4.74. The summed E-state index contributed by atoms with van der Waals surface area (Å²) in [6.45, 7) is 7.84. The fraction of sp³-hybridized carbons (Fsp3) is 0.467. The molecule has 0 bridgehead atoms. The summed E-state index contributed by atoms with van der Waals surface area (Å²) in [5.74, 6) is 0.930. The quantitative estimate of drug-likeness (QED) is 0.876. The summed E-state index contributed by atoms with van der Waals surface area (Å²) >= 11 is 0.